The van der Waals surface area contributed by atoms with E-state index >= 15 is 0 Å². The van der Waals surface area contributed by atoms with Gasteiger partial charge in [-0.15, -0.1) is 0 Å². The molecular weight excluding hydrogens is 312 g/mol. The number of carbonyl (C=O) groups is 1. The number of rotatable bonds is 4. The zero-order valence-electron chi connectivity index (χ0n) is 16.6. The lowest BCUT2D eigenvalue weighted by Crippen LogP contribution is -2.49. The van der Waals surface area contributed by atoms with Gasteiger partial charge in [0.05, 0.1) is 6.04 Å². The first-order valence-corrected chi connectivity index (χ1v) is 9.04. The van der Waals surface area contributed by atoms with Gasteiger partial charge < -0.3 is 10.1 Å². The number of ether oxygens (including phenoxy) is 1. The quantitative estimate of drug-likeness (QED) is 0.898. The fourth-order valence-electron chi connectivity index (χ4n) is 3.23. The minimum atomic E-state index is -0.226. The molecule has 0 saturated carbocycles. The molecule has 1 N–H and O–H groups in total. The van der Waals surface area contributed by atoms with Crippen LogP contribution in [0.2, 0.25) is 0 Å². The van der Waals surface area contributed by atoms with E-state index in [0.717, 1.165) is 6.42 Å². The van der Waals surface area contributed by atoms with Gasteiger partial charge in [0, 0.05) is 12.3 Å². The van der Waals surface area contributed by atoms with Crippen molar-refractivity contribution in [2.45, 2.75) is 73.1 Å². The lowest BCUT2D eigenvalue weighted by molar-refractivity contribution is -0.120. The largest absolute Gasteiger partial charge is 0.473 e. The third-order valence-corrected chi connectivity index (χ3v) is 4.49. The van der Waals surface area contributed by atoms with Crippen LogP contribution in [0.4, 0.5) is 0 Å². The molecule has 1 aromatic carbocycles. The number of hydrogen-bond acceptors (Lipinski definition) is 3. The third-order valence-electron chi connectivity index (χ3n) is 4.49. The van der Waals surface area contributed by atoms with Crippen molar-refractivity contribution in [1.29, 1.82) is 0 Å². The van der Waals surface area contributed by atoms with E-state index in [2.05, 4.69) is 71.1 Å². The van der Waals surface area contributed by atoms with Crippen LogP contribution < -0.4 is 5.32 Å². The Kier molecular flexibility index (Phi) is 5.60. The van der Waals surface area contributed by atoms with E-state index in [0.29, 0.717) is 5.90 Å². The van der Waals surface area contributed by atoms with E-state index in [-0.39, 0.29) is 34.9 Å². The number of nitrogens with one attached hydrogen (secondary N) is 1. The molecule has 1 heterocycles. The number of hydrogen-bond donors (Lipinski definition) is 1. The Labute approximate surface area is 152 Å². The molecule has 0 aromatic heterocycles. The second kappa shape index (κ2) is 7.19. The zero-order valence-corrected chi connectivity index (χ0v) is 16.6. The first kappa shape index (κ1) is 19.5. The molecule has 1 aromatic rings. The van der Waals surface area contributed by atoms with E-state index in [4.69, 9.17) is 9.73 Å². The highest BCUT2D eigenvalue weighted by Crippen LogP contribution is 2.35. The van der Waals surface area contributed by atoms with Gasteiger partial charge in [-0.2, -0.15) is 0 Å². The number of aliphatic imine (C=N–C) groups is 1. The monoisotopic (exact) mass is 344 g/mol. The molecule has 2 rings (SSSR count). The molecule has 3 atom stereocenters. The maximum atomic E-state index is 11.7. The number of amides is 1. The van der Waals surface area contributed by atoms with Crippen LogP contribution in [0.5, 0.6) is 0 Å². The van der Waals surface area contributed by atoms with E-state index < -0.39 is 0 Å². The van der Waals surface area contributed by atoms with E-state index in [1.807, 2.05) is 6.07 Å². The normalized spacial score (nSPS) is 22.1. The SMILES string of the molecule is CC(=O)N[C@H](C1=N[C@@H](Cc2ccccc2)C(C(C)(C)C)O1)C(C)(C)C. The second-order valence-corrected chi connectivity index (χ2v) is 9.13. The number of benzene rings is 1. The molecule has 4 heteroatoms. The van der Waals surface area contributed by atoms with Crippen molar-refractivity contribution >= 4 is 11.8 Å². The molecule has 0 fully saturated rings. The minimum Gasteiger partial charge on any atom is -0.473 e. The van der Waals surface area contributed by atoms with Crippen molar-refractivity contribution < 1.29 is 9.53 Å². The Morgan fingerprint density at radius 1 is 1.16 bits per heavy atom. The predicted molar refractivity (Wildman–Crippen MR) is 103 cm³/mol. The van der Waals surface area contributed by atoms with Crippen molar-refractivity contribution in [1.82, 2.24) is 5.32 Å². The van der Waals surface area contributed by atoms with Gasteiger partial charge in [-0.3, -0.25) is 4.79 Å². The first-order valence-electron chi connectivity index (χ1n) is 9.04. The van der Waals surface area contributed by atoms with Crippen LogP contribution >= 0.6 is 0 Å². The predicted octanol–water partition coefficient (Wildman–Crippen LogP) is 3.99. The summed E-state index contributed by atoms with van der Waals surface area (Å²) in [6.45, 7) is 14.4. The zero-order chi connectivity index (χ0) is 18.8. The van der Waals surface area contributed by atoms with Crippen molar-refractivity contribution in [3.8, 4) is 0 Å². The lowest BCUT2D eigenvalue weighted by atomic mass is 9.83. The molecule has 25 heavy (non-hydrogen) atoms. The molecule has 4 nitrogen and oxygen atoms in total. The highest BCUT2D eigenvalue weighted by Gasteiger charge is 2.44. The summed E-state index contributed by atoms with van der Waals surface area (Å²) in [7, 11) is 0. The Hall–Kier alpha value is -1.84. The molecule has 138 valence electrons. The van der Waals surface area contributed by atoms with Crippen LogP contribution in [0.15, 0.2) is 35.3 Å². The molecule has 1 unspecified atom stereocenters. The molecule has 0 radical (unpaired) electrons. The molecule has 0 saturated heterocycles. The van der Waals surface area contributed by atoms with Gasteiger partial charge in [-0.1, -0.05) is 71.9 Å². The number of carbonyl (C=O) groups excluding carboxylic acids is 1. The van der Waals surface area contributed by atoms with Crippen molar-refractivity contribution in [2.24, 2.45) is 15.8 Å². The maximum absolute atomic E-state index is 11.7. The summed E-state index contributed by atoms with van der Waals surface area (Å²) in [5.41, 5.74) is 1.04. The third kappa shape index (κ3) is 5.07. The maximum Gasteiger partial charge on any atom is 0.217 e. The first-order chi connectivity index (χ1) is 11.5. The summed E-state index contributed by atoms with van der Waals surface area (Å²) in [6, 6.07) is 10.2. The Balaban J connectivity index is 2.32. The van der Waals surface area contributed by atoms with Crippen molar-refractivity contribution in [2.75, 3.05) is 0 Å². The summed E-state index contributed by atoms with van der Waals surface area (Å²) in [4.78, 5) is 16.6. The molecule has 0 aliphatic carbocycles. The molecule has 1 aliphatic rings. The van der Waals surface area contributed by atoms with Gasteiger partial charge in [0.1, 0.15) is 12.1 Å². The van der Waals surface area contributed by atoms with Crippen molar-refractivity contribution in [3.05, 3.63) is 35.9 Å². The smallest absolute Gasteiger partial charge is 0.217 e. The summed E-state index contributed by atoms with van der Waals surface area (Å²) < 4.78 is 6.34. The summed E-state index contributed by atoms with van der Waals surface area (Å²) >= 11 is 0. The van der Waals surface area contributed by atoms with Gasteiger partial charge >= 0.3 is 0 Å². The van der Waals surface area contributed by atoms with Gasteiger partial charge in [0.15, 0.2) is 0 Å². The summed E-state index contributed by atoms with van der Waals surface area (Å²) in [5.74, 6) is 0.591. The van der Waals surface area contributed by atoms with Crippen LogP contribution in [-0.4, -0.2) is 30.0 Å². The molecule has 0 bridgehead atoms. The van der Waals surface area contributed by atoms with Crippen LogP contribution in [0.3, 0.4) is 0 Å². The van der Waals surface area contributed by atoms with Gasteiger partial charge in [-0.25, -0.2) is 4.99 Å². The lowest BCUT2D eigenvalue weighted by Gasteiger charge is -2.33. The van der Waals surface area contributed by atoms with Crippen molar-refractivity contribution in [3.63, 3.8) is 0 Å². The van der Waals surface area contributed by atoms with Gasteiger partial charge in [0.2, 0.25) is 11.8 Å². The standard InChI is InChI=1S/C21H32N2O2/c1-14(24)22-17(20(2,3)4)19-23-16(18(25-19)21(5,6)7)13-15-11-9-8-10-12-15/h8-12,16-18H,13H2,1-7H3,(H,22,24)/t16-,17+,18?/m0/s1. The van der Waals surface area contributed by atoms with Crippen LogP contribution in [0.25, 0.3) is 0 Å². The molecule has 1 aliphatic heterocycles. The van der Waals surface area contributed by atoms with Crippen LogP contribution in [0, 0.1) is 10.8 Å². The Morgan fingerprint density at radius 3 is 2.24 bits per heavy atom. The fraction of sp³-hybridized carbons (Fsp3) is 0.619. The minimum absolute atomic E-state index is 0.0127. The van der Waals surface area contributed by atoms with Crippen LogP contribution in [-0.2, 0) is 16.0 Å². The van der Waals surface area contributed by atoms with Gasteiger partial charge in [0.25, 0.3) is 0 Å². The summed E-state index contributed by atoms with van der Waals surface area (Å²) in [5, 5.41) is 3.02. The molecular formula is C21H32N2O2. The topological polar surface area (TPSA) is 50.7 Å². The van der Waals surface area contributed by atoms with E-state index in [1.165, 1.54) is 12.5 Å². The second-order valence-electron chi connectivity index (χ2n) is 9.13. The van der Waals surface area contributed by atoms with Crippen LogP contribution in [0.1, 0.15) is 54.0 Å². The highest BCUT2D eigenvalue weighted by molar-refractivity contribution is 5.88. The average molecular weight is 344 g/mol. The van der Waals surface area contributed by atoms with Gasteiger partial charge in [-0.05, 0) is 17.4 Å². The average Bonchev–Trinajstić information content (AvgIpc) is 2.88. The highest BCUT2D eigenvalue weighted by atomic mass is 16.5. The fourth-order valence-corrected chi connectivity index (χ4v) is 3.23. The van der Waals surface area contributed by atoms with E-state index in [9.17, 15) is 4.79 Å². The Morgan fingerprint density at radius 2 is 1.76 bits per heavy atom. The number of nitrogens with zero attached hydrogens (tertiary/aromatic N) is 1. The summed E-state index contributed by atoms with van der Waals surface area (Å²) in [6.07, 6.45) is 0.824. The van der Waals surface area contributed by atoms with E-state index in [1.54, 1.807) is 0 Å². The molecule has 0 spiro atoms. The molecule has 1 amide bonds. The Bertz CT molecular complexity index is 624.